The highest BCUT2D eigenvalue weighted by molar-refractivity contribution is 6.31. The molecular formula is C18H11ClO. The Bertz CT molecular complexity index is 841. The van der Waals surface area contributed by atoms with Crippen molar-refractivity contribution in [1.29, 1.82) is 0 Å². The zero-order valence-corrected chi connectivity index (χ0v) is 11.4. The van der Waals surface area contributed by atoms with Crippen molar-refractivity contribution in [2.45, 2.75) is 0 Å². The second-order valence-electron chi connectivity index (χ2n) is 4.41. The van der Waals surface area contributed by atoms with E-state index in [4.69, 9.17) is 11.6 Å². The van der Waals surface area contributed by atoms with Crippen molar-refractivity contribution in [1.82, 2.24) is 0 Å². The number of hydrogen-bond donors (Lipinski definition) is 1. The fraction of sp³-hybridized carbons (Fsp3) is 0. The summed E-state index contributed by atoms with van der Waals surface area (Å²) in [5.74, 6) is 6.23. The molecule has 3 aromatic rings. The number of phenols is 1. The molecule has 0 saturated heterocycles. The Balaban J connectivity index is 2.17. The first-order chi connectivity index (χ1) is 9.75. The van der Waals surface area contributed by atoms with Gasteiger partial charge in [0, 0.05) is 10.9 Å². The van der Waals surface area contributed by atoms with Gasteiger partial charge in [0.15, 0.2) is 0 Å². The molecule has 0 spiro atoms. The second-order valence-corrected chi connectivity index (χ2v) is 4.82. The van der Waals surface area contributed by atoms with Crippen molar-refractivity contribution < 1.29 is 5.11 Å². The summed E-state index contributed by atoms with van der Waals surface area (Å²) < 4.78 is 0. The third kappa shape index (κ3) is 2.34. The van der Waals surface area contributed by atoms with Gasteiger partial charge in [0.05, 0.1) is 10.6 Å². The molecule has 20 heavy (non-hydrogen) atoms. The summed E-state index contributed by atoms with van der Waals surface area (Å²) in [7, 11) is 0. The third-order valence-corrected chi connectivity index (χ3v) is 3.43. The first-order valence-corrected chi connectivity index (χ1v) is 6.61. The summed E-state index contributed by atoms with van der Waals surface area (Å²) in [6.07, 6.45) is 0. The average molecular weight is 279 g/mol. The molecule has 0 atom stereocenters. The molecule has 1 N–H and O–H groups in total. The first kappa shape index (κ1) is 12.6. The van der Waals surface area contributed by atoms with Gasteiger partial charge in [-0.1, -0.05) is 65.9 Å². The van der Waals surface area contributed by atoms with E-state index >= 15 is 0 Å². The SMILES string of the molecule is Oc1ccc2ccccc2c1C#Cc1ccccc1Cl. The van der Waals surface area contributed by atoms with E-state index in [1.165, 1.54) is 0 Å². The number of halogens is 1. The van der Waals surface area contributed by atoms with Gasteiger partial charge >= 0.3 is 0 Å². The van der Waals surface area contributed by atoms with Crippen molar-refractivity contribution in [2.24, 2.45) is 0 Å². The fourth-order valence-electron chi connectivity index (χ4n) is 2.08. The Labute approximate surface area is 122 Å². The molecule has 0 aliphatic carbocycles. The lowest BCUT2D eigenvalue weighted by atomic mass is 10.0. The van der Waals surface area contributed by atoms with Crippen LogP contribution in [0.25, 0.3) is 10.8 Å². The van der Waals surface area contributed by atoms with Gasteiger partial charge in [-0.2, -0.15) is 0 Å². The minimum atomic E-state index is 0.184. The van der Waals surface area contributed by atoms with E-state index in [-0.39, 0.29) is 5.75 Å². The van der Waals surface area contributed by atoms with E-state index in [2.05, 4.69) is 11.8 Å². The number of rotatable bonds is 0. The van der Waals surface area contributed by atoms with Crippen LogP contribution in [0.15, 0.2) is 60.7 Å². The molecule has 96 valence electrons. The highest BCUT2D eigenvalue weighted by Crippen LogP contribution is 2.26. The van der Waals surface area contributed by atoms with Gasteiger partial charge in [0.1, 0.15) is 5.75 Å². The molecule has 0 fully saturated rings. The zero-order chi connectivity index (χ0) is 13.9. The van der Waals surface area contributed by atoms with Crippen LogP contribution in [0.5, 0.6) is 5.75 Å². The second kappa shape index (κ2) is 5.28. The van der Waals surface area contributed by atoms with Crippen LogP contribution in [-0.2, 0) is 0 Å². The number of hydrogen-bond acceptors (Lipinski definition) is 1. The molecule has 0 unspecified atom stereocenters. The quantitative estimate of drug-likeness (QED) is 0.596. The Kier molecular flexibility index (Phi) is 3.33. The standard InChI is InChI=1S/C18H11ClO/c19-17-8-4-2-6-14(17)9-11-16-15-7-3-1-5-13(15)10-12-18(16)20/h1-8,10,12,20H. The van der Waals surface area contributed by atoms with Crippen LogP contribution in [0.2, 0.25) is 5.02 Å². The largest absolute Gasteiger partial charge is 0.507 e. The summed E-state index contributed by atoms with van der Waals surface area (Å²) in [4.78, 5) is 0. The molecule has 3 aromatic carbocycles. The summed E-state index contributed by atoms with van der Waals surface area (Å²) in [5.41, 5.74) is 1.38. The number of fused-ring (bicyclic) bond motifs is 1. The van der Waals surface area contributed by atoms with Gasteiger partial charge in [0.2, 0.25) is 0 Å². The summed E-state index contributed by atoms with van der Waals surface area (Å²) >= 11 is 6.08. The molecule has 0 amide bonds. The number of phenolic OH excluding ortho intramolecular Hbond substituents is 1. The first-order valence-electron chi connectivity index (χ1n) is 6.23. The van der Waals surface area contributed by atoms with Crippen LogP contribution in [0.4, 0.5) is 0 Å². The maximum absolute atomic E-state index is 10.0. The van der Waals surface area contributed by atoms with E-state index in [0.717, 1.165) is 16.3 Å². The highest BCUT2D eigenvalue weighted by Gasteiger charge is 2.03. The predicted octanol–water partition coefficient (Wildman–Crippen LogP) is 4.60. The van der Waals surface area contributed by atoms with Crippen molar-refractivity contribution in [3.63, 3.8) is 0 Å². The van der Waals surface area contributed by atoms with E-state index in [0.29, 0.717) is 10.6 Å². The van der Waals surface area contributed by atoms with E-state index < -0.39 is 0 Å². The van der Waals surface area contributed by atoms with Crippen molar-refractivity contribution in [2.75, 3.05) is 0 Å². The minimum Gasteiger partial charge on any atom is -0.507 e. The van der Waals surface area contributed by atoms with Crippen LogP contribution in [0.1, 0.15) is 11.1 Å². The van der Waals surface area contributed by atoms with E-state index in [1.54, 1.807) is 12.1 Å². The molecule has 0 radical (unpaired) electrons. The molecule has 0 bridgehead atoms. The van der Waals surface area contributed by atoms with Gasteiger partial charge in [-0.05, 0) is 23.6 Å². The van der Waals surface area contributed by atoms with Crippen molar-refractivity contribution >= 4 is 22.4 Å². The summed E-state index contributed by atoms with van der Waals surface area (Å²) in [6.45, 7) is 0. The van der Waals surface area contributed by atoms with Gasteiger partial charge in [-0.15, -0.1) is 0 Å². The molecule has 0 aliphatic heterocycles. The van der Waals surface area contributed by atoms with E-state index in [1.807, 2.05) is 48.5 Å². The normalized spacial score (nSPS) is 10.1. The van der Waals surface area contributed by atoms with Gasteiger partial charge < -0.3 is 5.11 Å². The molecular weight excluding hydrogens is 268 g/mol. The molecule has 1 nitrogen and oxygen atoms in total. The molecule has 0 heterocycles. The number of benzene rings is 3. The topological polar surface area (TPSA) is 20.2 Å². The van der Waals surface area contributed by atoms with Crippen LogP contribution in [-0.4, -0.2) is 5.11 Å². The molecule has 2 heteroatoms. The lowest BCUT2D eigenvalue weighted by Crippen LogP contribution is -1.82. The lowest BCUT2D eigenvalue weighted by molar-refractivity contribution is 0.474. The smallest absolute Gasteiger partial charge is 0.131 e. The minimum absolute atomic E-state index is 0.184. The van der Waals surface area contributed by atoms with Gasteiger partial charge in [-0.3, -0.25) is 0 Å². The fourth-order valence-corrected chi connectivity index (χ4v) is 2.27. The molecule has 0 aliphatic rings. The Morgan fingerprint density at radius 3 is 2.40 bits per heavy atom. The molecule has 3 rings (SSSR count). The Hall–Kier alpha value is -2.43. The van der Waals surface area contributed by atoms with Crippen molar-refractivity contribution in [3.8, 4) is 17.6 Å². The maximum atomic E-state index is 10.0. The lowest BCUT2D eigenvalue weighted by Gasteiger charge is -2.03. The zero-order valence-electron chi connectivity index (χ0n) is 10.6. The average Bonchev–Trinajstić information content (AvgIpc) is 2.48. The Morgan fingerprint density at radius 1 is 0.800 bits per heavy atom. The van der Waals surface area contributed by atoms with Gasteiger partial charge in [-0.25, -0.2) is 0 Å². The van der Waals surface area contributed by atoms with Crippen LogP contribution < -0.4 is 0 Å². The molecule has 0 aromatic heterocycles. The highest BCUT2D eigenvalue weighted by atomic mass is 35.5. The summed E-state index contributed by atoms with van der Waals surface area (Å²) in [5, 5.41) is 12.6. The predicted molar refractivity (Wildman–Crippen MR) is 83.0 cm³/mol. The van der Waals surface area contributed by atoms with Gasteiger partial charge in [0.25, 0.3) is 0 Å². The van der Waals surface area contributed by atoms with Crippen LogP contribution in [0.3, 0.4) is 0 Å². The third-order valence-electron chi connectivity index (χ3n) is 3.10. The van der Waals surface area contributed by atoms with Crippen LogP contribution >= 0.6 is 11.6 Å². The monoisotopic (exact) mass is 278 g/mol. The van der Waals surface area contributed by atoms with Crippen molar-refractivity contribution in [3.05, 3.63) is 76.8 Å². The van der Waals surface area contributed by atoms with Crippen LogP contribution in [0, 0.1) is 11.8 Å². The Morgan fingerprint density at radius 2 is 1.55 bits per heavy atom. The number of aromatic hydroxyl groups is 1. The molecule has 0 saturated carbocycles. The summed E-state index contributed by atoms with van der Waals surface area (Å²) in [6, 6.07) is 18.8. The van der Waals surface area contributed by atoms with E-state index in [9.17, 15) is 5.11 Å². The maximum Gasteiger partial charge on any atom is 0.131 e.